The number of rotatable bonds is 3. The van der Waals surface area contributed by atoms with Crippen LogP contribution in [0.15, 0.2) is 54.2 Å². The smallest absolute Gasteiger partial charge is 0.261 e. The van der Waals surface area contributed by atoms with Gasteiger partial charge in [0.2, 0.25) is 0 Å². The van der Waals surface area contributed by atoms with Gasteiger partial charge in [-0.3, -0.25) is 4.79 Å². The first-order valence-electron chi connectivity index (χ1n) is 6.19. The molecule has 0 aliphatic carbocycles. The van der Waals surface area contributed by atoms with Crippen LogP contribution in [0.1, 0.15) is 9.67 Å². The minimum Gasteiger partial charge on any atom is -0.354 e. The molecular weight excluding hydrogens is 270 g/mol. The summed E-state index contributed by atoms with van der Waals surface area (Å²) in [5.41, 5.74) is 3.02. The third-order valence-corrected chi connectivity index (χ3v) is 3.92. The molecule has 5 heteroatoms. The van der Waals surface area contributed by atoms with Crippen molar-refractivity contribution in [2.24, 2.45) is 0 Å². The van der Waals surface area contributed by atoms with Gasteiger partial charge in [0.1, 0.15) is 0 Å². The van der Waals surface area contributed by atoms with Gasteiger partial charge in [-0.25, -0.2) is 4.68 Å². The molecule has 0 atom stereocenters. The second-order valence-corrected chi connectivity index (χ2v) is 5.20. The number of hydrogen-bond acceptors (Lipinski definition) is 3. The van der Waals surface area contributed by atoms with E-state index in [9.17, 15) is 4.79 Å². The summed E-state index contributed by atoms with van der Waals surface area (Å²) in [6.45, 7) is 0. The topological polar surface area (TPSA) is 46.9 Å². The summed E-state index contributed by atoms with van der Waals surface area (Å²) in [4.78, 5) is 12.3. The third-order valence-electron chi connectivity index (χ3n) is 2.99. The summed E-state index contributed by atoms with van der Waals surface area (Å²) >= 11 is 1.43. The Hall–Kier alpha value is -2.40. The molecule has 4 nitrogen and oxygen atoms in total. The van der Waals surface area contributed by atoms with E-state index in [0.29, 0.717) is 4.88 Å². The van der Waals surface area contributed by atoms with Crippen LogP contribution in [0.3, 0.4) is 0 Å². The van der Waals surface area contributed by atoms with E-state index in [1.165, 1.54) is 11.3 Å². The molecule has 1 N–H and O–H groups in total. The summed E-state index contributed by atoms with van der Waals surface area (Å²) < 4.78 is 1.83. The average Bonchev–Trinajstić information content (AvgIpc) is 3.16. The number of carbonyl (C=O) groups excluding carboxylic acids is 1. The monoisotopic (exact) mass is 283 g/mol. The molecule has 20 heavy (non-hydrogen) atoms. The Labute approximate surface area is 120 Å². The van der Waals surface area contributed by atoms with E-state index in [2.05, 4.69) is 10.4 Å². The minimum atomic E-state index is -0.0586. The molecule has 2 aromatic heterocycles. The Morgan fingerprint density at radius 3 is 2.80 bits per heavy atom. The molecule has 0 saturated heterocycles. The second kappa shape index (κ2) is 5.30. The fraction of sp³-hybridized carbons (Fsp3) is 0.0667. The van der Waals surface area contributed by atoms with E-state index >= 15 is 0 Å². The summed E-state index contributed by atoms with van der Waals surface area (Å²) in [5, 5.41) is 8.95. The third kappa shape index (κ3) is 2.35. The van der Waals surface area contributed by atoms with E-state index in [0.717, 1.165) is 16.8 Å². The molecule has 0 spiro atoms. The second-order valence-electron chi connectivity index (χ2n) is 4.29. The van der Waals surface area contributed by atoms with Gasteiger partial charge >= 0.3 is 0 Å². The number of nitrogens with zero attached hydrogens (tertiary/aromatic N) is 2. The zero-order valence-electron chi connectivity index (χ0n) is 10.9. The van der Waals surface area contributed by atoms with Gasteiger partial charge < -0.3 is 5.32 Å². The highest BCUT2D eigenvalue weighted by atomic mass is 32.1. The number of para-hydroxylation sites is 1. The van der Waals surface area contributed by atoms with Gasteiger partial charge in [0.25, 0.3) is 5.91 Å². The van der Waals surface area contributed by atoms with Crippen molar-refractivity contribution < 1.29 is 4.79 Å². The summed E-state index contributed by atoms with van der Waals surface area (Å²) in [6.07, 6.45) is 3.77. The SMILES string of the molecule is CNC(=O)c1cc(-c2cnn(-c3ccccc3)c2)cs1. The lowest BCUT2D eigenvalue weighted by atomic mass is 10.2. The fourth-order valence-electron chi connectivity index (χ4n) is 1.92. The van der Waals surface area contributed by atoms with Gasteiger partial charge in [-0.1, -0.05) is 18.2 Å². The molecule has 0 fully saturated rings. The number of amides is 1. The first-order chi connectivity index (χ1) is 9.78. The highest BCUT2D eigenvalue weighted by Crippen LogP contribution is 2.25. The van der Waals surface area contributed by atoms with Crippen LogP contribution >= 0.6 is 11.3 Å². The number of carbonyl (C=O) groups is 1. The largest absolute Gasteiger partial charge is 0.354 e. The average molecular weight is 283 g/mol. The number of aromatic nitrogens is 2. The standard InChI is InChI=1S/C15H13N3OS/c1-16-15(19)14-7-11(10-20-14)12-8-17-18(9-12)13-5-3-2-4-6-13/h2-10H,1H3,(H,16,19). The van der Waals surface area contributed by atoms with Crippen molar-refractivity contribution in [3.63, 3.8) is 0 Å². The summed E-state index contributed by atoms with van der Waals surface area (Å²) in [5.74, 6) is -0.0586. The minimum absolute atomic E-state index is 0.0586. The van der Waals surface area contributed by atoms with Crippen LogP contribution in [-0.2, 0) is 0 Å². The Morgan fingerprint density at radius 2 is 2.05 bits per heavy atom. The maximum absolute atomic E-state index is 11.6. The molecule has 0 radical (unpaired) electrons. The Balaban J connectivity index is 1.91. The van der Waals surface area contributed by atoms with Gasteiger partial charge in [-0.15, -0.1) is 11.3 Å². The molecule has 0 bridgehead atoms. The van der Waals surface area contributed by atoms with Crippen molar-refractivity contribution in [2.45, 2.75) is 0 Å². The molecule has 0 unspecified atom stereocenters. The number of hydrogen-bond donors (Lipinski definition) is 1. The van der Waals surface area contributed by atoms with E-state index in [-0.39, 0.29) is 5.91 Å². The van der Waals surface area contributed by atoms with Crippen LogP contribution in [0.5, 0.6) is 0 Å². The van der Waals surface area contributed by atoms with E-state index in [1.54, 1.807) is 7.05 Å². The van der Waals surface area contributed by atoms with E-state index in [4.69, 9.17) is 0 Å². The lowest BCUT2D eigenvalue weighted by Gasteiger charge is -1.98. The number of thiophene rings is 1. The first-order valence-corrected chi connectivity index (χ1v) is 7.07. The Bertz CT molecular complexity index is 730. The lowest BCUT2D eigenvalue weighted by molar-refractivity contribution is 0.0967. The van der Waals surface area contributed by atoms with Gasteiger partial charge in [0.15, 0.2) is 0 Å². The van der Waals surface area contributed by atoms with Crippen molar-refractivity contribution in [1.82, 2.24) is 15.1 Å². The first kappa shape index (κ1) is 12.6. The fourth-order valence-corrected chi connectivity index (χ4v) is 2.79. The van der Waals surface area contributed by atoms with Crippen molar-refractivity contribution >= 4 is 17.2 Å². The van der Waals surface area contributed by atoms with Crippen molar-refractivity contribution in [3.05, 3.63) is 59.0 Å². The van der Waals surface area contributed by atoms with Crippen molar-refractivity contribution in [2.75, 3.05) is 7.05 Å². The zero-order chi connectivity index (χ0) is 13.9. The Morgan fingerprint density at radius 1 is 1.25 bits per heavy atom. The molecule has 100 valence electrons. The number of benzene rings is 1. The van der Waals surface area contributed by atoms with Gasteiger partial charge in [0.05, 0.1) is 16.8 Å². The van der Waals surface area contributed by atoms with Crippen LogP contribution in [0, 0.1) is 0 Å². The molecule has 0 aliphatic rings. The normalized spacial score (nSPS) is 10.4. The van der Waals surface area contributed by atoms with Gasteiger partial charge in [-0.05, 0) is 29.1 Å². The lowest BCUT2D eigenvalue weighted by Crippen LogP contribution is -2.15. The van der Waals surface area contributed by atoms with Crippen LogP contribution in [-0.4, -0.2) is 22.7 Å². The quantitative estimate of drug-likeness (QED) is 0.803. The predicted molar refractivity (Wildman–Crippen MR) is 80.3 cm³/mol. The molecular formula is C15H13N3OS. The van der Waals surface area contributed by atoms with Gasteiger partial charge in [-0.2, -0.15) is 5.10 Å². The maximum atomic E-state index is 11.6. The van der Waals surface area contributed by atoms with Gasteiger partial charge in [0, 0.05) is 18.8 Å². The van der Waals surface area contributed by atoms with Crippen LogP contribution in [0.25, 0.3) is 16.8 Å². The predicted octanol–water partition coefficient (Wildman–Crippen LogP) is 2.96. The van der Waals surface area contributed by atoms with E-state index in [1.807, 2.05) is 58.9 Å². The highest BCUT2D eigenvalue weighted by Gasteiger charge is 2.10. The maximum Gasteiger partial charge on any atom is 0.261 e. The van der Waals surface area contributed by atoms with Crippen LogP contribution in [0.2, 0.25) is 0 Å². The molecule has 1 aromatic carbocycles. The number of nitrogens with one attached hydrogen (secondary N) is 1. The molecule has 1 amide bonds. The van der Waals surface area contributed by atoms with E-state index < -0.39 is 0 Å². The van der Waals surface area contributed by atoms with Crippen LogP contribution < -0.4 is 5.32 Å². The molecule has 2 heterocycles. The summed E-state index contributed by atoms with van der Waals surface area (Å²) in [6, 6.07) is 11.8. The zero-order valence-corrected chi connectivity index (χ0v) is 11.7. The molecule has 3 rings (SSSR count). The molecule has 0 aliphatic heterocycles. The molecule has 0 saturated carbocycles. The van der Waals surface area contributed by atoms with Crippen molar-refractivity contribution in [3.8, 4) is 16.8 Å². The van der Waals surface area contributed by atoms with Crippen molar-refractivity contribution in [1.29, 1.82) is 0 Å². The molecule has 3 aromatic rings. The Kier molecular flexibility index (Phi) is 3.35. The summed E-state index contributed by atoms with van der Waals surface area (Å²) in [7, 11) is 1.63. The highest BCUT2D eigenvalue weighted by molar-refractivity contribution is 7.12. The van der Waals surface area contributed by atoms with Crippen LogP contribution in [0.4, 0.5) is 0 Å².